The van der Waals surface area contributed by atoms with Crippen molar-refractivity contribution in [2.45, 2.75) is 51.5 Å². The van der Waals surface area contributed by atoms with Gasteiger partial charge in [0.25, 0.3) is 0 Å². The smallest absolute Gasteiger partial charge is 0.389 e. The maximum absolute atomic E-state index is 12.0. The van der Waals surface area contributed by atoms with Gasteiger partial charge in [-0.2, -0.15) is 13.2 Å². The van der Waals surface area contributed by atoms with Crippen LogP contribution in [0.15, 0.2) is 24.3 Å². The molecule has 0 radical (unpaired) electrons. The SMILES string of the molecule is CC(C)Oc1cccc(C(O)CCCC(F)(F)F)c1. The number of rotatable bonds is 6. The minimum Gasteiger partial charge on any atom is -0.491 e. The summed E-state index contributed by atoms with van der Waals surface area (Å²) in [6, 6.07) is 6.83. The maximum Gasteiger partial charge on any atom is 0.389 e. The Hall–Kier alpha value is -1.23. The van der Waals surface area contributed by atoms with Crippen molar-refractivity contribution in [3.05, 3.63) is 29.8 Å². The van der Waals surface area contributed by atoms with Crippen molar-refractivity contribution in [1.82, 2.24) is 0 Å². The summed E-state index contributed by atoms with van der Waals surface area (Å²) in [6.45, 7) is 3.76. The summed E-state index contributed by atoms with van der Waals surface area (Å²) in [5.41, 5.74) is 0.584. The number of aliphatic hydroxyl groups excluding tert-OH is 1. The molecule has 1 atom stereocenters. The van der Waals surface area contributed by atoms with Crippen molar-refractivity contribution in [1.29, 1.82) is 0 Å². The number of ether oxygens (including phenoxy) is 1. The third-order valence-corrected chi connectivity index (χ3v) is 2.55. The first-order chi connectivity index (χ1) is 8.78. The Morgan fingerprint density at radius 3 is 2.53 bits per heavy atom. The fraction of sp³-hybridized carbons (Fsp3) is 0.571. The molecule has 0 aliphatic rings. The zero-order chi connectivity index (χ0) is 14.5. The summed E-state index contributed by atoms with van der Waals surface area (Å²) in [7, 11) is 0. The average molecular weight is 276 g/mol. The minimum absolute atomic E-state index is 0.0117. The first-order valence-corrected chi connectivity index (χ1v) is 6.29. The third kappa shape index (κ3) is 6.47. The van der Waals surface area contributed by atoms with E-state index in [0.29, 0.717) is 11.3 Å². The van der Waals surface area contributed by atoms with Gasteiger partial charge in [0.05, 0.1) is 12.2 Å². The molecule has 0 aromatic heterocycles. The Bertz CT molecular complexity index is 389. The molecule has 0 bridgehead atoms. The van der Waals surface area contributed by atoms with E-state index < -0.39 is 18.7 Å². The van der Waals surface area contributed by atoms with Gasteiger partial charge in [0.1, 0.15) is 5.75 Å². The van der Waals surface area contributed by atoms with E-state index in [1.165, 1.54) is 0 Å². The number of aliphatic hydroxyl groups is 1. The fourth-order valence-electron chi connectivity index (χ4n) is 1.73. The Kier molecular flexibility index (Phi) is 5.66. The van der Waals surface area contributed by atoms with Crippen LogP contribution in [0, 0.1) is 0 Å². The van der Waals surface area contributed by atoms with Gasteiger partial charge in [-0.15, -0.1) is 0 Å². The second-order valence-corrected chi connectivity index (χ2v) is 4.76. The van der Waals surface area contributed by atoms with Crippen molar-refractivity contribution in [2.75, 3.05) is 0 Å². The lowest BCUT2D eigenvalue weighted by Gasteiger charge is -2.15. The molecule has 0 heterocycles. The van der Waals surface area contributed by atoms with Crippen molar-refractivity contribution in [2.24, 2.45) is 0 Å². The largest absolute Gasteiger partial charge is 0.491 e. The van der Waals surface area contributed by atoms with E-state index >= 15 is 0 Å². The van der Waals surface area contributed by atoms with Crippen LogP contribution in [0.5, 0.6) is 5.75 Å². The number of halogens is 3. The van der Waals surface area contributed by atoms with Gasteiger partial charge < -0.3 is 9.84 Å². The molecule has 5 heteroatoms. The molecule has 0 saturated heterocycles. The van der Waals surface area contributed by atoms with Gasteiger partial charge in [0.2, 0.25) is 0 Å². The Balaban J connectivity index is 2.54. The number of alkyl halides is 3. The molecular weight excluding hydrogens is 257 g/mol. The van der Waals surface area contributed by atoms with E-state index in [1.54, 1.807) is 24.3 Å². The first-order valence-electron chi connectivity index (χ1n) is 6.29. The molecule has 1 aromatic rings. The second-order valence-electron chi connectivity index (χ2n) is 4.76. The number of benzene rings is 1. The molecule has 1 aromatic carbocycles. The van der Waals surface area contributed by atoms with Crippen LogP contribution < -0.4 is 4.74 Å². The molecule has 19 heavy (non-hydrogen) atoms. The van der Waals surface area contributed by atoms with Crippen molar-refractivity contribution in [3.8, 4) is 5.75 Å². The van der Waals surface area contributed by atoms with E-state index in [4.69, 9.17) is 4.74 Å². The van der Waals surface area contributed by atoms with E-state index in [2.05, 4.69) is 0 Å². The van der Waals surface area contributed by atoms with Crippen LogP contribution in [0.4, 0.5) is 13.2 Å². The highest BCUT2D eigenvalue weighted by atomic mass is 19.4. The predicted octanol–water partition coefficient (Wildman–Crippen LogP) is 4.24. The molecule has 108 valence electrons. The topological polar surface area (TPSA) is 29.5 Å². The predicted molar refractivity (Wildman–Crippen MR) is 67.1 cm³/mol. The van der Waals surface area contributed by atoms with E-state index in [0.717, 1.165) is 0 Å². The molecule has 0 aliphatic heterocycles. The van der Waals surface area contributed by atoms with E-state index in [-0.39, 0.29) is 18.9 Å². The summed E-state index contributed by atoms with van der Waals surface area (Å²) in [5, 5.41) is 9.85. The first kappa shape index (κ1) is 15.8. The summed E-state index contributed by atoms with van der Waals surface area (Å²) in [6.07, 6.45) is -5.91. The van der Waals surface area contributed by atoms with Crippen molar-refractivity contribution in [3.63, 3.8) is 0 Å². The highest BCUT2D eigenvalue weighted by Crippen LogP contribution is 2.27. The lowest BCUT2D eigenvalue weighted by Crippen LogP contribution is -2.08. The molecule has 1 rings (SSSR count). The number of hydrogen-bond donors (Lipinski definition) is 1. The van der Waals surface area contributed by atoms with Crippen molar-refractivity contribution >= 4 is 0 Å². The van der Waals surface area contributed by atoms with E-state index in [1.807, 2.05) is 13.8 Å². The van der Waals surface area contributed by atoms with Crippen LogP contribution in [0.1, 0.15) is 44.8 Å². The normalized spacial score (nSPS) is 13.6. The van der Waals surface area contributed by atoms with Gasteiger partial charge >= 0.3 is 6.18 Å². The molecule has 1 N–H and O–H groups in total. The molecule has 1 unspecified atom stereocenters. The third-order valence-electron chi connectivity index (χ3n) is 2.55. The molecule has 2 nitrogen and oxygen atoms in total. The second kappa shape index (κ2) is 6.80. The fourth-order valence-corrected chi connectivity index (χ4v) is 1.73. The van der Waals surface area contributed by atoms with Gasteiger partial charge in [-0.05, 0) is 44.4 Å². The Morgan fingerprint density at radius 2 is 1.95 bits per heavy atom. The lowest BCUT2D eigenvalue weighted by atomic mass is 10.0. The van der Waals surface area contributed by atoms with Gasteiger partial charge in [-0.3, -0.25) is 0 Å². The highest BCUT2D eigenvalue weighted by Gasteiger charge is 2.26. The summed E-state index contributed by atoms with van der Waals surface area (Å²) in [4.78, 5) is 0. The van der Waals surface area contributed by atoms with Crippen molar-refractivity contribution < 1.29 is 23.0 Å². The number of hydrogen-bond acceptors (Lipinski definition) is 2. The van der Waals surface area contributed by atoms with Crippen LogP contribution in [-0.2, 0) is 0 Å². The zero-order valence-corrected chi connectivity index (χ0v) is 11.1. The quantitative estimate of drug-likeness (QED) is 0.842. The summed E-state index contributed by atoms with van der Waals surface area (Å²) >= 11 is 0. The molecule has 0 aliphatic carbocycles. The molecule has 0 spiro atoms. The van der Waals surface area contributed by atoms with Crippen LogP contribution in [-0.4, -0.2) is 17.4 Å². The van der Waals surface area contributed by atoms with Crippen LogP contribution in [0.25, 0.3) is 0 Å². The maximum atomic E-state index is 12.0. The zero-order valence-electron chi connectivity index (χ0n) is 11.1. The Labute approximate surface area is 111 Å². The molecule has 0 saturated carbocycles. The highest BCUT2D eigenvalue weighted by molar-refractivity contribution is 5.30. The minimum atomic E-state index is -4.16. The van der Waals surface area contributed by atoms with E-state index in [9.17, 15) is 18.3 Å². The van der Waals surface area contributed by atoms with Gasteiger partial charge in [0, 0.05) is 6.42 Å². The summed E-state index contributed by atoms with van der Waals surface area (Å²) in [5.74, 6) is 0.613. The average Bonchev–Trinajstić information content (AvgIpc) is 2.26. The molecule has 0 amide bonds. The lowest BCUT2D eigenvalue weighted by molar-refractivity contribution is -0.136. The van der Waals surface area contributed by atoms with Gasteiger partial charge in [0.15, 0.2) is 0 Å². The molecular formula is C14H19F3O2. The van der Waals surface area contributed by atoms with Crippen LogP contribution >= 0.6 is 0 Å². The molecule has 0 fully saturated rings. The van der Waals surface area contributed by atoms with Crippen LogP contribution in [0.2, 0.25) is 0 Å². The summed E-state index contributed by atoms with van der Waals surface area (Å²) < 4.78 is 41.5. The monoisotopic (exact) mass is 276 g/mol. The van der Waals surface area contributed by atoms with Gasteiger partial charge in [-0.1, -0.05) is 12.1 Å². The standard InChI is InChI=1S/C14H19F3O2/c1-10(2)19-12-6-3-5-11(9-12)13(18)7-4-8-14(15,16)17/h3,5-6,9-10,13,18H,4,7-8H2,1-2H3. The van der Waals surface area contributed by atoms with Crippen LogP contribution in [0.3, 0.4) is 0 Å². The van der Waals surface area contributed by atoms with Gasteiger partial charge in [-0.25, -0.2) is 0 Å². The Morgan fingerprint density at radius 1 is 1.26 bits per heavy atom.